The van der Waals surface area contributed by atoms with Gasteiger partial charge in [-0.2, -0.15) is 0 Å². The average molecular weight is 543 g/mol. The van der Waals surface area contributed by atoms with Crippen LogP contribution in [0.1, 0.15) is 23.9 Å². The number of ether oxygens (including phenoxy) is 4. The Morgan fingerprint density at radius 1 is 1.20 bits per heavy atom. The Balaban J connectivity index is 1.36. The van der Waals surface area contributed by atoms with E-state index in [-0.39, 0.29) is 25.7 Å². The van der Waals surface area contributed by atoms with Gasteiger partial charge in [0.1, 0.15) is 30.1 Å². The van der Waals surface area contributed by atoms with Crippen molar-refractivity contribution in [2.45, 2.75) is 24.9 Å². The second kappa shape index (κ2) is 8.39. The first-order valence-corrected chi connectivity index (χ1v) is 12.6. The highest BCUT2D eigenvalue weighted by Gasteiger charge is 2.37. The fourth-order valence-corrected chi connectivity index (χ4v) is 5.85. The normalized spacial score (nSPS) is 22.0. The summed E-state index contributed by atoms with van der Waals surface area (Å²) >= 11 is 0. The average Bonchev–Trinajstić information content (AvgIpc) is 3.76. The van der Waals surface area contributed by atoms with Crippen molar-refractivity contribution in [3.05, 3.63) is 48.2 Å². The van der Waals surface area contributed by atoms with Crippen LogP contribution < -0.4 is 14.2 Å². The van der Waals surface area contributed by atoms with Gasteiger partial charge in [-0.25, -0.2) is 19.9 Å². The topological polar surface area (TPSA) is 169 Å². The zero-order valence-corrected chi connectivity index (χ0v) is 21.0. The molecular formula is C27H22N6O7. The third kappa shape index (κ3) is 3.07. The molecule has 2 aromatic carbocycles. The largest absolute Gasteiger partial charge is 0.496 e. The predicted octanol–water partition coefficient (Wildman–Crippen LogP) is 2.54. The number of H-pyrrole nitrogens is 1. The SMILES string of the molecule is COc1cccc2c1/C(=N/c1ncnc3c1ncn3C1CC(O)C(CO)O1)c1[nH]c(O)c3cc4c(c-2c13)OCO4. The van der Waals surface area contributed by atoms with Crippen molar-refractivity contribution in [1.29, 1.82) is 0 Å². The molecule has 1 saturated heterocycles. The number of aliphatic hydroxyl groups excluding tert-OH is 2. The number of rotatable bonds is 4. The number of benzene rings is 2. The number of aliphatic imine (C=N–C) groups is 1. The van der Waals surface area contributed by atoms with E-state index in [0.29, 0.717) is 56.6 Å². The first-order valence-electron chi connectivity index (χ1n) is 12.6. The number of methoxy groups -OCH3 is 1. The van der Waals surface area contributed by atoms with E-state index in [2.05, 4.69) is 19.9 Å². The number of nitrogens with one attached hydrogen (secondary N) is 1. The number of fused-ring (bicyclic) bond motifs is 5. The van der Waals surface area contributed by atoms with Gasteiger partial charge in [0.2, 0.25) is 6.79 Å². The zero-order chi connectivity index (χ0) is 27.1. The van der Waals surface area contributed by atoms with Crippen molar-refractivity contribution in [1.82, 2.24) is 24.5 Å². The molecular weight excluding hydrogens is 520 g/mol. The summed E-state index contributed by atoms with van der Waals surface area (Å²) in [6, 6.07) is 7.42. The van der Waals surface area contributed by atoms with Gasteiger partial charge in [0.15, 0.2) is 34.4 Å². The van der Waals surface area contributed by atoms with Crippen molar-refractivity contribution in [2.24, 2.45) is 4.99 Å². The van der Waals surface area contributed by atoms with Crippen molar-refractivity contribution in [3.8, 4) is 34.3 Å². The summed E-state index contributed by atoms with van der Waals surface area (Å²) < 4.78 is 24.8. The summed E-state index contributed by atoms with van der Waals surface area (Å²) in [5, 5.41) is 32.0. The smallest absolute Gasteiger partial charge is 0.231 e. The molecule has 4 N–H and O–H groups in total. The van der Waals surface area contributed by atoms with Crippen LogP contribution in [-0.4, -0.2) is 78.3 Å². The van der Waals surface area contributed by atoms with Crippen LogP contribution >= 0.6 is 0 Å². The summed E-state index contributed by atoms with van der Waals surface area (Å²) in [6.45, 7) is -0.212. The van der Waals surface area contributed by atoms with Gasteiger partial charge in [0, 0.05) is 22.8 Å². The summed E-state index contributed by atoms with van der Waals surface area (Å²) in [6.07, 6.45) is 1.17. The fraction of sp³-hybridized carbons (Fsp3) is 0.259. The third-order valence-electron chi connectivity index (χ3n) is 7.65. The summed E-state index contributed by atoms with van der Waals surface area (Å²) in [4.78, 5) is 21.4. The lowest BCUT2D eigenvalue weighted by molar-refractivity contribution is -0.0432. The Kier molecular flexibility index (Phi) is 4.86. The Morgan fingerprint density at radius 2 is 2.10 bits per heavy atom. The van der Waals surface area contributed by atoms with Crippen LogP contribution in [0.25, 0.3) is 33.1 Å². The number of hydrogen-bond acceptors (Lipinski definition) is 11. The maximum atomic E-state index is 10.9. The third-order valence-corrected chi connectivity index (χ3v) is 7.65. The van der Waals surface area contributed by atoms with E-state index in [1.165, 1.54) is 6.33 Å². The highest BCUT2D eigenvalue weighted by Crippen LogP contribution is 2.54. The minimum atomic E-state index is -0.806. The molecule has 5 heterocycles. The first kappa shape index (κ1) is 23.2. The molecule has 13 heteroatoms. The molecule has 202 valence electrons. The summed E-state index contributed by atoms with van der Waals surface area (Å²) in [5.41, 5.74) is 4.20. The van der Waals surface area contributed by atoms with Crippen LogP contribution in [-0.2, 0) is 4.74 Å². The molecule has 8 rings (SSSR count). The van der Waals surface area contributed by atoms with Crippen molar-refractivity contribution < 1.29 is 34.3 Å². The number of imidazole rings is 1. The highest BCUT2D eigenvalue weighted by molar-refractivity contribution is 6.30. The number of aliphatic hydroxyl groups is 2. The van der Waals surface area contributed by atoms with Crippen LogP contribution in [0.5, 0.6) is 23.1 Å². The van der Waals surface area contributed by atoms with Gasteiger partial charge < -0.3 is 39.3 Å². The fourth-order valence-electron chi connectivity index (χ4n) is 5.85. The molecule has 2 aliphatic heterocycles. The molecule has 5 aromatic rings. The van der Waals surface area contributed by atoms with Crippen LogP contribution in [0.15, 0.2) is 41.9 Å². The van der Waals surface area contributed by atoms with Gasteiger partial charge in [0.25, 0.3) is 0 Å². The second-order valence-corrected chi connectivity index (χ2v) is 9.74. The van der Waals surface area contributed by atoms with Gasteiger partial charge in [-0.05, 0) is 17.7 Å². The highest BCUT2D eigenvalue weighted by atomic mass is 16.7. The quantitative estimate of drug-likeness (QED) is 0.260. The molecule has 0 radical (unpaired) electrons. The van der Waals surface area contributed by atoms with Crippen molar-refractivity contribution in [3.63, 3.8) is 0 Å². The molecule has 0 bridgehead atoms. The molecule has 1 fully saturated rings. The maximum absolute atomic E-state index is 10.9. The molecule has 13 nitrogen and oxygen atoms in total. The van der Waals surface area contributed by atoms with Gasteiger partial charge in [-0.3, -0.25) is 4.57 Å². The monoisotopic (exact) mass is 542 g/mol. The molecule has 0 spiro atoms. The second-order valence-electron chi connectivity index (χ2n) is 9.74. The Labute approximate surface area is 225 Å². The number of hydrogen-bond donors (Lipinski definition) is 4. The zero-order valence-electron chi connectivity index (χ0n) is 21.0. The first-order chi connectivity index (χ1) is 19.6. The molecule has 3 aliphatic rings. The van der Waals surface area contributed by atoms with Crippen molar-refractivity contribution in [2.75, 3.05) is 20.5 Å². The number of aromatic nitrogens is 5. The molecule has 40 heavy (non-hydrogen) atoms. The number of aromatic amines is 1. The van der Waals surface area contributed by atoms with E-state index in [1.807, 2.05) is 18.2 Å². The lowest BCUT2D eigenvalue weighted by atomic mass is 9.84. The predicted molar refractivity (Wildman–Crippen MR) is 140 cm³/mol. The van der Waals surface area contributed by atoms with Crippen molar-refractivity contribution >= 4 is 33.5 Å². The molecule has 0 saturated carbocycles. The van der Waals surface area contributed by atoms with E-state index in [1.54, 1.807) is 24.1 Å². The van der Waals surface area contributed by atoms with Crippen LogP contribution in [0.4, 0.5) is 5.82 Å². The van der Waals surface area contributed by atoms with Crippen LogP contribution in [0.2, 0.25) is 0 Å². The van der Waals surface area contributed by atoms with E-state index >= 15 is 0 Å². The molecule has 3 unspecified atom stereocenters. The van der Waals surface area contributed by atoms with Crippen LogP contribution in [0.3, 0.4) is 0 Å². The minimum Gasteiger partial charge on any atom is -0.496 e. The molecule has 0 amide bonds. The Bertz CT molecular complexity index is 1880. The van der Waals surface area contributed by atoms with Gasteiger partial charge in [0.05, 0.1) is 37.4 Å². The summed E-state index contributed by atoms with van der Waals surface area (Å²) in [5.74, 6) is 1.96. The van der Waals surface area contributed by atoms with E-state index in [4.69, 9.17) is 23.9 Å². The number of nitrogens with zero attached hydrogens (tertiary/aromatic N) is 5. The molecule has 1 aliphatic carbocycles. The summed E-state index contributed by atoms with van der Waals surface area (Å²) in [7, 11) is 1.58. The van der Waals surface area contributed by atoms with E-state index in [9.17, 15) is 15.3 Å². The minimum absolute atomic E-state index is 0.0310. The molecule has 3 atom stereocenters. The molecule has 3 aromatic heterocycles. The van der Waals surface area contributed by atoms with Gasteiger partial charge >= 0.3 is 0 Å². The Morgan fingerprint density at radius 3 is 2.92 bits per heavy atom. The maximum Gasteiger partial charge on any atom is 0.231 e. The standard InChI is InChI=1S/C27H22N6O7/c1-37-14-4-2-3-11-18(14)21(22-19-12(27(36)32-22)5-15-24(20(11)19)39-10-38-15)31-25-23-26(29-8-28-25)33(9-30-23)17-6-13(35)16(7-34)40-17/h2-5,8-9,13,16-17,32,34-36H,6-7,10H2,1H3/b31-21-. The van der Waals surface area contributed by atoms with E-state index < -0.39 is 18.4 Å². The lowest BCUT2D eigenvalue weighted by Gasteiger charge is -2.22. The lowest BCUT2D eigenvalue weighted by Crippen LogP contribution is -2.24. The van der Waals surface area contributed by atoms with Gasteiger partial charge in [-0.15, -0.1) is 0 Å². The Hall–Kier alpha value is -4.72. The van der Waals surface area contributed by atoms with E-state index in [0.717, 1.165) is 16.5 Å². The van der Waals surface area contributed by atoms with Crippen LogP contribution in [0, 0.1) is 0 Å². The number of aromatic hydroxyl groups is 1. The van der Waals surface area contributed by atoms with Gasteiger partial charge in [-0.1, -0.05) is 12.1 Å².